The highest BCUT2D eigenvalue weighted by Crippen LogP contribution is 2.29. The van der Waals surface area contributed by atoms with E-state index < -0.39 is 10.0 Å². The summed E-state index contributed by atoms with van der Waals surface area (Å²) in [6.45, 7) is 0.262. The summed E-state index contributed by atoms with van der Waals surface area (Å²) in [5, 5.41) is 3.56. The highest BCUT2D eigenvalue weighted by Gasteiger charge is 2.27. The van der Waals surface area contributed by atoms with Crippen molar-refractivity contribution in [3.8, 4) is 5.75 Å². The summed E-state index contributed by atoms with van der Waals surface area (Å²) in [6.07, 6.45) is 5.08. The van der Waals surface area contributed by atoms with Crippen LogP contribution in [-0.2, 0) is 14.8 Å². The molecule has 0 aromatic heterocycles. The number of para-hydroxylation sites is 1. The van der Waals surface area contributed by atoms with Crippen LogP contribution in [0.2, 0.25) is 0 Å². The van der Waals surface area contributed by atoms with Crippen LogP contribution < -0.4 is 14.4 Å². The van der Waals surface area contributed by atoms with E-state index in [1.165, 1.54) is 44.9 Å². The van der Waals surface area contributed by atoms with Crippen LogP contribution in [0.3, 0.4) is 0 Å². The molecule has 2 aromatic rings. The molecule has 0 spiro atoms. The van der Waals surface area contributed by atoms with E-state index in [0.717, 1.165) is 10.1 Å². The SMILES string of the molecule is COc1ccc(S(=O)(=O)N(CC(=O)NCCSC2CCCC2)c2ccccc2)cc1. The lowest BCUT2D eigenvalue weighted by Crippen LogP contribution is -2.41. The van der Waals surface area contributed by atoms with Gasteiger partial charge in [0.2, 0.25) is 5.91 Å². The second-order valence-electron chi connectivity index (χ2n) is 7.15. The van der Waals surface area contributed by atoms with Crippen molar-refractivity contribution in [1.82, 2.24) is 5.32 Å². The number of rotatable bonds is 10. The summed E-state index contributed by atoms with van der Waals surface area (Å²) in [5.74, 6) is 1.09. The fraction of sp³-hybridized carbons (Fsp3) is 0.409. The molecule has 2 aromatic carbocycles. The summed E-state index contributed by atoms with van der Waals surface area (Å²) in [7, 11) is -2.38. The maximum atomic E-state index is 13.3. The van der Waals surface area contributed by atoms with Crippen molar-refractivity contribution in [2.24, 2.45) is 0 Å². The van der Waals surface area contributed by atoms with Gasteiger partial charge in [0.15, 0.2) is 0 Å². The Morgan fingerprint density at radius 3 is 2.40 bits per heavy atom. The monoisotopic (exact) mass is 448 g/mol. The van der Waals surface area contributed by atoms with Crippen molar-refractivity contribution in [3.63, 3.8) is 0 Å². The smallest absolute Gasteiger partial charge is 0.264 e. The normalized spacial score (nSPS) is 14.4. The molecule has 3 rings (SSSR count). The molecule has 30 heavy (non-hydrogen) atoms. The zero-order valence-corrected chi connectivity index (χ0v) is 18.8. The molecule has 162 valence electrons. The third kappa shape index (κ3) is 5.92. The molecule has 0 atom stereocenters. The number of nitrogens with one attached hydrogen (secondary N) is 1. The number of nitrogens with zero attached hydrogens (tertiary/aromatic N) is 1. The van der Waals surface area contributed by atoms with Crippen LogP contribution in [0.15, 0.2) is 59.5 Å². The summed E-state index contributed by atoms with van der Waals surface area (Å²) in [6, 6.07) is 14.8. The fourth-order valence-electron chi connectivity index (χ4n) is 3.44. The lowest BCUT2D eigenvalue weighted by Gasteiger charge is -2.24. The first-order valence-corrected chi connectivity index (χ1v) is 12.6. The molecule has 0 heterocycles. The van der Waals surface area contributed by atoms with Crippen molar-refractivity contribution in [3.05, 3.63) is 54.6 Å². The molecule has 1 amide bonds. The number of anilines is 1. The van der Waals surface area contributed by atoms with Crippen molar-refractivity contribution in [2.45, 2.75) is 35.8 Å². The predicted molar refractivity (Wildman–Crippen MR) is 122 cm³/mol. The summed E-state index contributed by atoms with van der Waals surface area (Å²) in [4.78, 5) is 12.7. The minimum atomic E-state index is -3.91. The van der Waals surface area contributed by atoms with Crippen molar-refractivity contribution in [2.75, 3.05) is 30.3 Å². The van der Waals surface area contributed by atoms with Crippen LogP contribution in [0.5, 0.6) is 5.75 Å². The minimum absolute atomic E-state index is 0.108. The third-order valence-electron chi connectivity index (χ3n) is 5.06. The number of benzene rings is 2. The average Bonchev–Trinajstić information content (AvgIpc) is 3.29. The van der Waals surface area contributed by atoms with E-state index in [9.17, 15) is 13.2 Å². The Hall–Kier alpha value is -2.19. The maximum Gasteiger partial charge on any atom is 0.264 e. The van der Waals surface area contributed by atoms with Gasteiger partial charge in [-0.2, -0.15) is 11.8 Å². The Morgan fingerprint density at radius 2 is 1.77 bits per heavy atom. The van der Waals surface area contributed by atoms with Crippen LogP contribution >= 0.6 is 11.8 Å². The lowest BCUT2D eigenvalue weighted by atomic mass is 10.3. The molecule has 1 aliphatic rings. The van der Waals surface area contributed by atoms with Gasteiger partial charge < -0.3 is 10.1 Å². The fourth-order valence-corrected chi connectivity index (χ4v) is 6.08. The van der Waals surface area contributed by atoms with Gasteiger partial charge in [0.1, 0.15) is 12.3 Å². The molecule has 6 nitrogen and oxygen atoms in total. The van der Waals surface area contributed by atoms with Gasteiger partial charge in [0.05, 0.1) is 17.7 Å². The van der Waals surface area contributed by atoms with E-state index in [4.69, 9.17) is 4.74 Å². The Morgan fingerprint density at radius 1 is 1.10 bits per heavy atom. The van der Waals surface area contributed by atoms with Gasteiger partial charge in [-0.25, -0.2) is 8.42 Å². The van der Waals surface area contributed by atoms with Gasteiger partial charge in [-0.3, -0.25) is 9.10 Å². The number of carbonyl (C=O) groups excluding carboxylic acids is 1. The van der Waals surface area contributed by atoms with Crippen LogP contribution in [0.25, 0.3) is 0 Å². The second kappa shape index (κ2) is 10.7. The maximum absolute atomic E-state index is 13.3. The van der Waals surface area contributed by atoms with Gasteiger partial charge in [-0.05, 0) is 49.2 Å². The highest BCUT2D eigenvalue weighted by molar-refractivity contribution is 7.99. The van der Waals surface area contributed by atoms with Crippen LogP contribution in [0.1, 0.15) is 25.7 Å². The van der Waals surface area contributed by atoms with E-state index in [2.05, 4.69) is 5.32 Å². The number of hydrogen-bond acceptors (Lipinski definition) is 5. The molecular formula is C22H28N2O4S2. The molecule has 1 aliphatic carbocycles. The summed E-state index contributed by atoms with van der Waals surface area (Å²) < 4.78 is 32.8. The standard InChI is InChI=1S/C22H28N2O4S2/c1-28-19-11-13-21(14-12-19)30(26,27)24(18-7-3-2-4-8-18)17-22(25)23-15-16-29-20-9-5-6-10-20/h2-4,7-8,11-14,20H,5-6,9-10,15-17H2,1H3,(H,23,25). The van der Waals surface area contributed by atoms with E-state index >= 15 is 0 Å². The molecule has 0 saturated heterocycles. The van der Waals surface area contributed by atoms with Crippen LogP contribution in [-0.4, -0.2) is 45.5 Å². The number of ether oxygens (including phenoxy) is 1. The van der Waals surface area contributed by atoms with Gasteiger partial charge in [0, 0.05) is 17.5 Å². The summed E-state index contributed by atoms with van der Waals surface area (Å²) >= 11 is 1.89. The number of methoxy groups -OCH3 is 1. The average molecular weight is 449 g/mol. The molecule has 0 unspecified atom stereocenters. The first-order chi connectivity index (χ1) is 14.5. The molecule has 0 bridgehead atoms. The molecule has 1 saturated carbocycles. The number of thioether (sulfide) groups is 1. The first-order valence-electron chi connectivity index (χ1n) is 10.1. The Bertz CT molecular complexity index is 912. The van der Waals surface area contributed by atoms with Crippen LogP contribution in [0.4, 0.5) is 5.69 Å². The molecule has 1 fully saturated rings. The van der Waals surface area contributed by atoms with E-state index in [1.807, 2.05) is 17.8 Å². The topological polar surface area (TPSA) is 75.7 Å². The zero-order valence-electron chi connectivity index (χ0n) is 17.1. The van der Waals surface area contributed by atoms with Crippen molar-refractivity contribution < 1.29 is 17.9 Å². The molecule has 0 aliphatic heterocycles. The number of sulfonamides is 1. The van der Waals surface area contributed by atoms with Crippen LogP contribution in [0, 0.1) is 0 Å². The zero-order chi connectivity index (χ0) is 21.4. The Labute approximate surface area is 183 Å². The molecule has 8 heteroatoms. The summed E-state index contributed by atoms with van der Waals surface area (Å²) in [5.41, 5.74) is 0.448. The van der Waals surface area contributed by atoms with E-state index in [-0.39, 0.29) is 17.3 Å². The molecule has 1 N–H and O–H groups in total. The van der Waals surface area contributed by atoms with E-state index in [1.54, 1.807) is 36.4 Å². The van der Waals surface area contributed by atoms with Crippen molar-refractivity contribution in [1.29, 1.82) is 0 Å². The predicted octanol–water partition coefficient (Wildman–Crippen LogP) is 3.68. The quantitative estimate of drug-likeness (QED) is 0.561. The van der Waals surface area contributed by atoms with Gasteiger partial charge in [-0.1, -0.05) is 31.0 Å². The highest BCUT2D eigenvalue weighted by atomic mass is 32.2. The minimum Gasteiger partial charge on any atom is -0.497 e. The first kappa shape index (κ1) is 22.5. The van der Waals surface area contributed by atoms with Gasteiger partial charge in [-0.15, -0.1) is 0 Å². The Kier molecular flexibility index (Phi) is 8.04. The third-order valence-corrected chi connectivity index (χ3v) is 8.23. The molecular weight excluding hydrogens is 420 g/mol. The van der Waals surface area contributed by atoms with Gasteiger partial charge in [0.25, 0.3) is 10.0 Å². The van der Waals surface area contributed by atoms with E-state index in [0.29, 0.717) is 23.2 Å². The van der Waals surface area contributed by atoms with Crippen molar-refractivity contribution >= 4 is 33.4 Å². The molecule has 0 radical (unpaired) electrons. The number of hydrogen-bond donors (Lipinski definition) is 1. The van der Waals surface area contributed by atoms with Gasteiger partial charge >= 0.3 is 0 Å². The number of carbonyl (C=O) groups is 1. The lowest BCUT2D eigenvalue weighted by molar-refractivity contribution is -0.119. The largest absolute Gasteiger partial charge is 0.497 e. The second-order valence-corrected chi connectivity index (χ2v) is 10.4. The number of amides is 1. The Balaban J connectivity index is 1.68.